The minimum Gasteiger partial charge on any atom is -0.469 e. The van der Waals surface area contributed by atoms with E-state index in [-0.39, 0.29) is 17.9 Å². The number of methoxy groups -OCH3 is 1. The van der Waals surface area contributed by atoms with E-state index in [1.807, 2.05) is 72.8 Å². The number of rotatable bonds is 4. The Morgan fingerprint density at radius 1 is 1.04 bits per heavy atom. The third kappa shape index (κ3) is 3.57. The van der Waals surface area contributed by atoms with Gasteiger partial charge < -0.3 is 4.74 Å². The van der Waals surface area contributed by atoms with Gasteiger partial charge in [-0.05, 0) is 17.2 Å². The van der Waals surface area contributed by atoms with Gasteiger partial charge in [-0.3, -0.25) is 9.79 Å². The molecule has 0 spiro atoms. The van der Waals surface area contributed by atoms with Gasteiger partial charge in [0.05, 0.1) is 19.1 Å². The topological polar surface area (TPSA) is 38.7 Å². The normalized spacial score (nSPS) is 20.5. The highest BCUT2D eigenvalue weighted by Gasteiger charge is 2.35. The van der Waals surface area contributed by atoms with Gasteiger partial charge in [0, 0.05) is 12.1 Å². The number of aliphatic imine (C=N–C) groups is 1. The van der Waals surface area contributed by atoms with Crippen LogP contribution in [0, 0.1) is 5.92 Å². The van der Waals surface area contributed by atoms with Crippen LogP contribution in [-0.2, 0) is 9.53 Å². The minimum absolute atomic E-state index is 0.168. The molecule has 0 saturated heterocycles. The van der Waals surface area contributed by atoms with Crippen molar-refractivity contribution in [2.24, 2.45) is 10.9 Å². The molecule has 2 aromatic rings. The van der Waals surface area contributed by atoms with Crippen molar-refractivity contribution in [1.29, 1.82) is 0 Å². The summed E-state index contributed by atoms with van der Waals surface area (Å²) in [5, 5.41) is 0. The molecule has 0 aromatic heterocycles. The predicted octanol–water partition coefficient (Wildman–Crippen LogP) is 4.08. The maximum Gasteiger partial charge on any atom is 0.311 e. The fourth-order valence-corrected chi connectivity index (χ4v) is 2.85. The lowest BCUT2D eigenvalue weighted by atomic mass is 9.92. The summed E-state index contributed by atoms with van der Waals surface area (Å²) < 4.78 is 4.96. The number of esters is 1. The monoisotopic (exact) mass is 305 g/mol. The highest BCUT2D eigenvalue weighted by atomic mass is 16.5. The Balaban J connectivity index is 1.84. The quantitative estimate of drug-likeness (QED) is 0.799. The molecule has 116 valence electrons. The molecule has 3 heteroatoms. The Bertz CT molecular complexity index is 720. The zero-order valence-corrected chi connectivity index (χ0v) is 13.1. The number of allylic oxidation sites excluding steroid dienone is 1. The van der Waals surface area contributed by atoms with Crippen LogP contribution < -0.4 is 0 Å². The second-order valence-electron chi connectivity index (χ2n) is 5.55. The second-order valence-corrected chi connectivity index (χ2v) is 5.55. The zero-order valence-electron chi connectivity index (χ0n) is 13.1. The van der Waals surface area contributed by atoms with Gasteiger partial charge in [0.25, 0.3) is 0 Å². The summed E-state index contributed by atoms with van der Waals surface area (Å²) in [4.78, 5) is 16.9. The third-order valence-corrected chi connectivity index (χ3v) is 4.03. The molecule has 1 heterocycles. The fourth-order valence-electron chi connectivity index (χ4n) is 2.85. The lowest BCUT2D eigenvalue weighted by Crippen LogP contribution is -2.20. The standard InChI is InChI=1S/C20H19NO2/c1-23-20(22)18-14-17(13-12-15-8-4-2-5-9-15)21-19(18)16-10-6-3-7-11-16/h2-13,18-19H,14H2,1H3/b13-12-/t18-,19-/m1/s1. The molecule has 0 aliphatic carbocycles. The molecule has 23 heavy (non-hydrogen) atoms. The van der Waals surface area contributed by atoms with Crippen LogP contribution in [0.3, 0.4) is 0 Å². The first-order valence-electron chi connectivity index (χ1n) is 7.70. The van der Waals surface area contributed by atoms with E-state index >= 15 is 0 Å². The van der Waals surface area contributed by atoms with Gasteiger partial charge in [-0.15, -0.1) is 0 Å². The molecule has 2 atom stereocenters. The van der Waals surface area contributed by atoms with Gasteiger partial charge in [-0.1, -0.05) is 66.7 Å². The molecule has 1 aliphatic heterocycles. The van der Waals surface area contributed by atoms with E-state index in [4.69, 9.17) is 9.73 Å². The van der Waals surface area contributed by atoms with Crippen molar-refractivity contribution < 1.29 is 9.53 Å². The molecule has 2 aromatic carbocycles. The Kier molecular flexibility index (Phi) is 4.67. The van der Waals surface area contributed by atoms with Crippen molar-refractivity contribution >= 4 is 17.8 Å². The molecule has 0 saturated carbocycles. The first-order chi connectivity index (χ1) is 11.3. The summed E-state index contributed by atoms with van der Waals surface area (Å²) in [7, 11) is 1.43. The summed E-state index contributed by atoms with van der Waals surface area (Å²) >= 11 is 0. The first kappa shape index (κ1) is 15.2. The lowest BCUT2D eigenvalue weighted by molar-refractivity contribution is -0.145. The lowest BCUT2D eigenvalue weighted by Gasteiger charge is -2.15. The van der Waals surface area contributed by atoms with Crippen LogP contribution in [0.25, 0.3) is 6.08 Å². The Hall–Kier alpha value is -2.68. The largest absolute Gasteiger partial charge is 0.469 e. The molecule has 0 bridgehead atoms. The Labute approximate surface area is 136 Å². The minimum atomic E-state index is -0.252. The van der Waals surface area contributed by atoms with E-state index in [1.54, 1.807) is 0 Å². The number of hydrogen-bond acceptors (Lipinski definition) is 3. The van der Waals surface area contributed by atoms with Gasteiger partial charge in [0.2, 0.25) is 0 Å². The van der Waals surface area contributed by atoms with Crippen LogP contribution in [0.15, 0.2) is 71.7 Å². The van der Waals surface area contributed by atoms with Crippen LogP contribution in [0.2, 0.25) is 0 Å². The molecule has 0 unspecified atom stereocenters. The van der Waals surface area contributed by atoms with Crippen molar-refractivity contribution in [2.75, 3.05) is 7.11 Å². The van der Waals surface area contributed by atoms with E-state index in [0.717, 1.165) is 16.8 Å². The van der Waals surface area contributed by atoms with Gasteiger partial charge in [0.15, 0.2) is 0 Å². The molecular formula is C20H19NO2. The van der Waals surface area contributed by atoms with Crippen LogP contribution in [0.1, 0.15) is 23.6 Å². The highest BCUT2D eigenvalue weighted by Crippen LogP contribution is 2.35. The highest BCUT2D eigenvalue weighted by molar-refractivity contribution is 6.02. The van der Waals surface area contributed by atoms with Crippen molar-refractivity contribution in [3.8, 4) is 0 Å². The molecule has 0 N–H and O–H groups in total. The molecule has 0 radical (unpaired) electrons. The summed E-state index contributed by atoms with van der Waals surface area (Å²) in [6.07, 6.45) is 4.63. The predicted molar refractivity (Wildman–Crippen MR) is 92.2 cm³/mol. The maximum absolute atomic E-state index is 12.1. The van der Waals surface area contributed by atoms with Crippen molar-refractivity contribution in [2.45, 2.75) is 12.5 Å². The molecule has 0 amide bonds. The van der Waals surface area contributed by atoms with E-state index in [0.29, 0.717) is 6.42 Å². The van der Waals surface area contributed by atoms with Gasteiger partial charge >= 0.3 is 5.97 Å². The number of ether oxygens (including phenoxy) is 1. The average Bonchev–Trinajstić information content (AvgIpc) is 3.05. The SMILES string of the molecule is COC(=O)[C@@H]1CC(/C=C\c2ccccc2)=N[C@@H]1c1ccccc1. The number of carbonyl (C=O) groups excluding carboxylic acids is 1. The first-order valence-corrected chi connectivity index (χ1v) is 7.70. The number of carbonyl (C=O) groups is 1. The molecule has 3 rings (SSSR count). The number of hydrogen-bond donors (Lipinski definition) is 0. The van der Waals surface area contributed by atoms with Gasteiger partial charge in [-0.2, -0.15) is 0 Å². The van der Waals surface area contributed by atoms with E-state index in [2.05, 4.69) is 0 Å². The third-order valence-electron chi connectivity index (χ3n) is 4.03. The zero-order chi connectivity index (χ0) is 16.1. The van der Waals surface area contributed by atoms with Gasteiger partial charge in [-0.25, -0.2) is 0 Å². The van der Waals surface area contributed by atoms with Crippen LogP contribution in [0.5, 0.6) is 0 Å². The van der Waals surface area contributed by atoms with Gasteiger partial charge in [0.1, 0.15) is 0 Å². The second kappa shape index (κ2) is 7.05. The summed E-state index contributed by atoms with van der Waals surface area (Å²) in [6, 6.07) is 19.8. The summed E-state index contributed by atoms with van der Waals surface area (Å²) in [6.45, 7) is 0. The Morgan fingerprint density at radius 3 is 2.35 bits per heavy atom. The fraction of sp³-hybridized carbons (Fsp3) is 0.200. The molecule has 3 nitrogen and oxygen atoms in total. The van der Waals surface area contributed by atoms with Crippen molar-refractivity contribution in [3.63, 3.8) is 0 Å². The summed E-state index contributed by atoms with van der Waals surface area (Å²) in [5.74, 6) is -0.455. The van der Waals surface area contributed by atoms with Crippen LogP contribution in [0.4, 0.5) is 0 Å². The molecule has 0 fully saturated rings. The average molecular weight is 305 g/mol. The van der Waals surface area contributed by atoms with Crippen molar-refractivity contribution in [3.05, 3.63) is 77.9 Å². The number of nitrogens with zero attached hydrogens (tertiary/aromatic N) is 1. The van der Waals surface area contributed by atoms with E-state index in [1.165, 1.54) is 7.11 Å². The van der Waals surface area contributed by atoms with Crippen LogP contribution in [-0.4, -0.2) is 18.8 Å². The smallest absolute Gasteiger partial charge is 0.311 e. The van der Waals surface area contributed by atoms with E-state index < -0.39 is 0 Å². The summed E-state index contributed by atoms with van der Waals surface area (Å²) in [5.41, 5.74) is 3.09. The number of benzene rings is 2. The van der Waals surface area contributed by atoms with Crippen LogP contribution >= 0.6 is 0 Å². The Morgan fingerprint density at radius 2 is 1.70 bits per heavy atom. The molecular weight excluding hydrogens is 286 g/mol. The van der Waals surface area contributed by atoms with Crippen molar-refractivity contribution in [1.82, 2.24) is 0 Å². The van der Waals surface area contributed by atoms with E-state index in [9.17, 15) is 4.79 Å². The molecule has 1 aliphatic rings. The maximum atomic E-state index is 12.1.